The number of unbranched alkanes of at least 4 members (excludes halogenated alkanes) is 2. The highest BCUT2D eigenvalue weighted by atomic mass is 35.5. The number of aryl methyl sites for hydroxylation is 3. The molecule has 0 spiro atoms. The van der Waals surface area contributed by atoms with Crippen LogP contribution in [0.1, 0.15) is 41.8 Å². The minimum Gasteiger partial charge on any atom is -0.396 e. The molecule has 5 nitrogen and oxygen atoms in total. The zero-order valence-electron chi connectivity index (χ0n) is 17.6. The predicted molar refractivity (Wildman–Crippen MR) is 120 cm³/mol. The van der Waals surface area contributed by atoms with Crippen LogP contribution in [0.5, 0.6) is 0 Å². The molecule has 0 saturated heterocycles. The number of benzene rings is 2. The van der Waals surface area contributed by atoms with E-state index in [0.717, 1.165) is 65.3 Å². The number of aliphatic hydroxyl groups excluding tert-OH is 1. The molecule has 0 fully saturated rings. The van der Waals surface area contributed by atoms with Crippen molar-refractivity contribution in [3.8, 4) is 17.2 Å². The summed E-state index contributed by atoms with van der Waals surface area (Å²) in [5.41, 5.74) is 6.51. The smallest absolute Gasteiger partial charge is 0.141 e. The first kappa shape index (κ1) is 21.9. The van der Waals surface area contributed by atoms with E-state index in [1.807, 2.05) is 26.0 Å². The normalized spacial score (nSPS) is 10.8. The molecule has 0 aliphatic heterocycles. The van der Waals surface area contributed by atoms with E-state index < -0.39 is 0 Å². The van der Waals surface area contributed by atoms with E-state index in [2.05, 4.69) is 41.2 Å². The molecule has 0 atom stereocenters. The largest absolute Gasteiger partial charge is 0.396 e. The van der Waals surface area contributed by atoms with Crippen molar-refractivity contribution in [3.63, 3.8) is 0 Å². The highest BCUT2D eigenvalue weighted by Crippen LogP contribution is 2.36. The summed E-state index contributed by atoms with van der Waals surface area (Å²) in [7, 11) is 0. The molecule has 0 aliphatic rings. The Morgan fingerprint density at radius 3 is 2.53 bits per heavy atom. The van der Waals surface area contributed by atoms with Crippen molar-refractivity contribution in [1.82, 2.24) is 5.16 Å². The molecule has 0 radical (unpaired) electrons. The summed E-state index contributed by atoms with van der Waals surface area (Å²) >= 11 is 6.34. The number of hydrogen-bond acceptors (Lipinski definition) is 5. The lowest BCUT2D eigenvalue weighted by atomic mass is 10.0. The number of rotatable bonds is 8. The van der Waals surface area contributed by atoms with Crippen LogP contribution in [-0.2, 0) is 0 Å². The molecule has 0 aliphatic carbocycles. The highest BCUT2D eigenvalue weighted by Gasteiger charge is 2.17. The SMILES string of the molecule is Cc1ccc(-c2c(C)noc2C)cc1N(CCCCCO)c1ccc(C#N)c(Cl)c1. The van der Waals surface area contributed by atoms with Gasteiger partial charge in [0.1, 0.15) is 11.8 Å². The van der Waals surface area contributed by atoms with E-state index in [1.165, 1.54) is 0 Å². The van der Waals surface area contributed by atoms with Crippen molar-refractivity contribution in [2.24, 2.45) is 0 Å². The van der Waals surface area contributed by atoms with Gasteiger partial charge in [-0.05, 0) is 75.4 Å². The predicted octanol–water partition coefficient (Wildman–Crippen LogP) is 6.09. The van der Waals surface area contributed by atoms with Crippen LogP contribution < -0.4 is 4.90 Å². The van der Waals surface area contributed by atoms with Gasteiger partial charge in [0.25, 0.3) is 0 Å². The first-order chi connectivity index (χ1) is 14.5. The van der Waals surface area contributed by atoms with Gasteiger partial charge in [0, 0.05) is 30.1 Å². The monoisotopic (exact) mass is 423 g/mol. The zero-order chi connectivity index (χ0) is 21.7. The van der Waals surface area contributed by atoms with E-state index >= 15 is 0 Å². The van der Waals surface area contributed by atoms with Gasteiger partial charge in [0.05, 0.1) is 16.3 Å². The Hall–Kier alpha value is -2.81. The Balaban J connectivity index is 2.05. The van der Waals surface area contributed by atoms with Gasteiger partial charge in [-0.1, -0.05) is 28.9 Å². The van der Waals surface area contributed by atoms with Crippen molar-refractivity contribution in [2.45, 2.75) is 40.0 Å². The third-order valence-corrected chi connectivity index (χ3v) is 5.56. The van der Waals surface area contributed by atoms with Crippen LogP contribution in [-0.4, -0.2) is 23.4 Å². The molecule has 3 aromatic rings. The van der Waals surface area contributed by atoms with Crippen LogP contribution in [0.2, 0.25) is 5.02 Å². The second-order valence-electron chi connectivity index (χ2n) is 7.41. The number of nitrogens with zero attached hydrogens (tertiary/aromatic N) is 3. The molecule has 0 amide bonds. The summed E-state index contributed by atoms with van der Waals surface area (Å²) in [6.07, 6.45) is 2.63. The van der Waals surface area contributed by atoms with Crippen LogP contribution in [0.4, 0.5) is 11.4 Å². The van der Waals surface area contributed by atoms with Gasteiger partial charge < -0.3 is 14.5 Å². The minimum atomic E-state index is 0.198. The molecule has 156 valence electrons. The lowest BCUT2D eigenvalue weighted by Crippen LogP contribution is -2.19. The maximum Gasteiger partial charge on any atom is 0.141 e. The Morgan fingerprint density at radius 2 is 1.90 bits per heavy atom. The number of nitriles is 1. The maximum atomic E-state index is 9.22. The second kappa shape index (κ2) is 9.80. The van der Waals surface area contributed by atoms with E-state index in [0.29, 0.717) is 10.6 Å². The summed E-state index contributed by atoms with van der Waals surface area (Å²) in [5, 5.41) is 22.9. The Bertz CT molecular complexity index is 1050. The van der Waals surface area contributed by atoms with E-state index in [4.69, 9.17) is 21.2 Å². The van der Waals surface area contributed by atoms with E-state index in [9.17, 15) is 5.26 Å². The van der Waals surface area contributed by atoms with Gasteiger partial charge in [-0.25, -0.2) is 0 Å². The molecule has 2 aromatic carbocycles. The first-order valence-electron chi connectivity index (χ1n) is 10.1. The molecule has 0 bridgehead atoms. The molecule has 30 heavy (non-hydrogen) atoms. The summed E-state index contributed by atoms with van der Waals surface area (Å²) in [6, 6.07) is 14.0. The number of hydrogen-bond donors (Lipinski definition) is 1. The number of aromatic nitrogens is 1. The van der Waals surface area contributed by atoms with Crippen LogP contribution in [0.25, 0.3) is 11.1 Å². The van der Waals surface area contributed by atoms with Crippen molar-refractivity contribution in [1.29, 1.82) is 5.26 Å². The fourth-order valence-electron chi connectivity index (χ4n) is 3.66. The van der Waals surface area contributed by atoms with E-state index in [1.54, 1.807) is 6.07 Å². The number of aliphatic hydroxyl groups is 1. The van der Waals surface area contributed by atoms with Crippen molar-refractivity contribution < 1.29 is 9.63 Å². The summed E-state index contributed by atoms with van der Waals surface area (Å²) in [6.45, 7) is 6.91. The molecule has 0 unspecified atom stereocenters. The Labute approximate surface area is 182 Å². The third-order valence-electron chi connectivity index (χ3n) is 5.25. The van der Waals surface area contributed by atoms with Crippen LogP contribution in [0, 0.1) is 32.1 Å². The second-order valence-corrected chi connectivity index (χ2v) is 7.82. The lowest BCUT2D eigenvalue weighted by Gasteiger charge is -2.28. The highest BCUT2D eigenvalue weighted by molar-refractivity contribution is 6.32. The molecule has 1 heterocycles. The average molecular weight is 424 g/mol. The maximum absolute atomic E-state index is 9.22. The fraction of sp³-hybridized carbons (Fsp3) is 0.333. The molecule has 0 saturated carbocycles. The molecular formula is C24H26ClN3O2. The van der Waals surface area contributed by atoms with Gasteiger partial charge in [0.2, 0.25) is 0 Å². The van der Waals surface area contributed by atoms with Gasteiger partial charge >= 0.3 is 0 Å². The summed E-state index contributed by atoms with van der Waals surface area (Å²) < 4.78 is 5.36. The van der Waals surface area contributed by atoms with Gasteiger partial charge in [0.15, 0.2) is 0 Å². The molecule has 6 heteroatoms. The van der Waals surface area contributed by atoms with Crippen LogP contribution in [0.3, 0.4) is 0 Å². The van der Waals surface area contributed by atoms with Gasteiger partial charge in [-0.3, -0.25) is 0 Å². The van der Waals surface area contributed by atoms with Gasteiger partial charge in [-0.15, -0.1) is 0 Å². The third kappa shape index (κ3) is 4.67. The zero-order valence-corrected chi connectivity index (χ0v) is 18.3. The van der Waals surface area contributed by atoms with Crippen LogP contribution >= 0.6 is 11.6 Å². The number of anilines is 2. The van der Waals surface area contributed by atoms with Gasteiger partial charge in [-0.2, -0.15) is 5.26 Å². The Morgan fingerprint density at radius 1 is 1.10 bits per heavy atom. The van der Waals surface area contributed by atoms with Crippen molar-refractivity contribution >= 4 is 23.0 Å². The van der Waals surface area contributed by atoms with E-state index in [-0.39, 0.29) is 6.61 Å². The minimum absolute atomic E-state index is 0.198. The molecule has 3 rings (SSSR count). The molecule has 1 aromatic heterocycles. The van der Waals surface area contributed by atoms with Crippen LogP contribution in [0.15, 0.2) is 40.9 Å². The quantitative estimate of drug-likeness (QED) is 0.443. The fourth-order valence-corrected chi connectivity index (χ4v) is 3.88. The Kier molecular flexibility index (Phi) is 7.15. The molecule has 1 N–H and O–H groups in total. The van der Waals surface area contributed by atoms with Crippen molar-refractivity contribution in [2.75, 3.05) is 18.1 Å². The summed E-state index contributed by atoms with van der Waals surface area (Å²) in [5.74, 6) is 0.790. The topological polar surface area (TPSA) is 73.3 Å². The standard InChI is InChI=1S/C24H26ClN3O2/c1-16-7-8-19(24-17(2)27-30-18(24)3)13-23(16)28(11-5-4-6-12-29)21-10-9-20(15-26)22(25)14-21/h7-10,13-14,29H,4-6,11-12H2,1-3H3. The molecular weight excluding hydrogens is 398 g/mol. The lowest BCUT2D eigenvalue weighted by molar-refractivity contribution is 0.283. The number of halogens is 1. The van der Waals surface area contributed by atoms with Crippen molar-refractivity contribution in [3.05, 3.63) is 64.0 Å². The summed E-state index contributed by atoms with van der Waals surface area (Å²) in [4.78, 5) is 2.22. The first-order valence-corrected chi connectivity index (χ1v) is 10.5. The average Bonchev–Trinajstić information content (AvgIpc) is 3.07.